The number of nitrogens with zero attached hydrogens (tertiary/aromatic N) is 2. The van der Waals surface area contributed by atoms with Crippen LogP contribution in [0.1, 0.15) is 39.2 Å². The summed E-state index contributed by atoms with van der Waals surface area (Å²) in [4.78, 5) is 27.3. The Morgan fingerprint density at radius 3 is 2.42 bits per heavy atom. The van der Waals surface area contributed by atoms with Crippen molar-refractivity contribution >= 4 is 50.7 Å². The van der Waals surface area contributed by atoms with E-state index < -0.39 is 16.1 Å². The Bertz CT molecular complexity index is 1160. The standard InChI is InChI=1S/C25H33Cl2N3O5S/c1-5-28-25(32)18(3)29(17-19-13-14-20(26)16-21(19)27)24(31)12-9-15-30(36(4,33)34)22-10-7-8-11-23(22)35-6-2/h7-8,10-11,13-14,16,18H,5-6,9,12,15,17H2,1-4H3,(H,28,32)/t18-/m0/s1. The average Bonchev–Trinajstić information content (AvgIpc) is 2.81. The molecule has 2 rings (SSSR count). The fraction of sp³-hybridized carbons (Fsp3) is 0.440. The number of hydrogen-bond acceptors (Lipinski definition) is 5. The average molecular weight is 559 g/mol. The van der Waals surface area contributed by atoms with Crippen LogP contribution in [0.25, 0.3) is 0 Å². The lowest BCUT2D eigenvalue weighted by molar-refractivity contribution is -0.140. The summed E-state index contributed by atoms with van der Waals surface area (Å²) in [6.45, 7) is 6.25. The molecule has 0 aliphatic heterocycles. The fourth-order valence-electron chi connectivity index (χ4n) is 3.66. The minimum atomic E-state index is -3.64. The summed E-state index contributed by atoms with van der Waals surface area (Å²) in [5.74, 6) is -0.147. The molecule has 36 heavy (non-hydrogen) atoms. The zero-order valence-electron chi connectivity index (χ0n) is 21.0. The van der Waals surface area contributed by atoms with E-state index in [1.807, 2.05) is 6.92 Å². The molecule has 1 N–H and O–H groups in total. The predicted molar refractivity (Wildman–Crippen MR) is 144 cm³/mol. The van der Waals surface area contributed by atoms with E-state index in [9.17, 15) is 18.0 Å². The van der Waals surface area contributed by atoms with Gasteiger partial charge in [0.05, 0.1) is 18.6 Å². The number of para-hydroxylation sites is 2. The summed E-state index contributed by atoms with van der Waals surface area (Å²) in [6.07, 6.45) is 1.38. The van der Waals surface area contributed by atoms with Crippen LogP contribution in [-0.4, -0.2) is 57.1 Å². The second-order valence-corrected chi connectivity index (χ2v) is 10.9. The van der Waals surface area contributed by atoms with Crippen molar-refractivity contribution in [3.05, 3.63) is 58.1 Å². The molecule has 0 radical (unpaired) electrons. The van der Waals surface area contributed by atoms with E-state index in [0.29, 0.717) is 40.2 Å². The van der Waals surface area contributed by atoms with E-state index in [1.165, 1.54) is 9.21 Å². The highest BCUT2D eigenvalue weighted by atomic mass is 35.5. The molecule has 0 bridgehead atoms. The second kappa shape index (κ2) is 13.7. The number of rotatable bonds is 13. The fourth-order valence-corrected chi connectivity index (χ4v) is 5.10. The SMILES string of the molecule is CCNC(=O)[C@H](C)N(Cc1ccc(Cl)cc1Cl)C(=O)CCCN(c1ccccc1OCC)S(C)(=O)=O. The van der Waals surface area contributed by atoms with E-state index in [1.54, 1.807) is 56.3 Å². The molecule has 0 heterocycles. The highest BCUT2D eigenvalue weighted by Crippen LogP contribution is 2.30. The molecular formula is C25H33Cl2N3O5S. The maximum Gasteiger partial charge on any atom is 0.242 e. The van der Waals surface area contributed by atoms with Crippen molar-refractivity contribution in [2.24, 2.45) is 0 Å². The van der Waals surface area contributed by atoms with Crippen molar-refractivity contribution in [3.63, 3.8) is 0 Å². The van der Waals surface area contributed by atoms with Gasteiger partial charge >= 0.3 is 0 Å². The topological polar surface area (TPSA) is 96.0 Å². The van der Waals surface area contributed by atoms with Crippen LogP contribution in [-0.2, 0) is 26.2 Å². The molecule has 2 aromatic carbocycles. The van der Waals surface area contributed by atoms with Crippen LogP contribution < -0.4 is 14.4 Å². The van der Waals surface area contributed by atoms with Crippen LogP contribution in [0, 0.1) is 0 Å². The van der Waals surface area contributed by atoms with Crippen LogP contribution in [0.15, 0.2) is 42.5 Å². The Hall–Kier alpha value is -2.49. The lowest BCUT2D eigenvalue weighted by Crippen LogP contribution is -2.47. The van der Waals surface area contributed by atoms with Gasteiger partial charge in [0.1, 0.15) is 11.8 Å². The van der Waals surface area contributed by atoms with Gasteiger partial charge in [-0.15, -0.1) is 0 Å². The number of carbonyl (C=O) groups excluding carboxylic acids is 2. The Kier molecular flexibility index (Phi) is 11.3. The summed E-state index contributed by atoms with van der Waals surface area (Å²) < 4.78 is 32.0. The van der Waals surface area contributed by atoms with Crippen molar-refractivity contribution in [2.45, 2.75) is 46.2 Å². The van der Waals surface area contributed by atoms with E-state index in [0.717, 1.165) is 6.26 Å². The quantitative estimate of drug-likeness (QED) is 0.391. The number of sulfonamides is 1. The van der Waals surface area contributed by atoms with Crippen LogP contribution >= 0.6 is 23.2 Å². The molecule has 2 amide bonds. The number of nitrogens with one attached hydrogen (secondary N) is 1. The smallest absolute Gasteiger partial charge is 0.242 e. The molecule has 0 unspecified atom stereocenters. The van der Waals surface area contributed by atoms with Crippen LogP contribution in [0.2, 0.25) is 10.0 Å². The van der Waals surface area contributed by atoms with E-state index >= 15 is 0 Å². The van der Waals surface area contributed by atoms with Crippen molar-refractivity contribution < 1.29 is 22.7 Å². The van der Waals surface area contributed by atoms with E-state index in [-0.39, 0.29) is 37.7 Å². The number of halogens is 2. The molecular weight excluding hydrogens is 525 g/mol. The van der Waals surface area contributed by atoms with Gasteiger partial charge in [0.25, 0.3) is 0 Å². The molecule has 8 nitrogen and oxygen atoms in total. The molecule has 11 heteroatoms. The molecule has 0 saturated heterocycles. The summed E-state index contributed by atoms with van der Waals surface area (Å²) in [5, 5.41) is 3.59. The molecule has 0 fully saturated rings. The van der Waals surface area contributed by atoms with Crippen LogP contribution in [0.5, 0.6) is 5.75 Å². The van der Waals surface area contributed by atoms with Gasteiger partial charge in [-0.05, 0) is 57.0 Å². The number of amides is 2. The minimum Gasteiger partial charge on any atom is -0.492 e. The number of hydrogen-bond donors (Lipinski definition) is 1. The first-order chi connectivity index (χ1) is 17.0. The highest BCUT2D eigenvalue weighted by molar-refractivity contribution is 7.92. The van der Waals surface area contributed by atoms with E-state index in [2.05, 4.69) is 5.32 Å². The Morgan fingerprint density at radius 1 is 1.11 bits per heavy atom. The van der Waals surface area contributed by atoms with Gasteiger partial charge in [0.2, 0.25) is 21.8 Å². The Labute approximate surface area is 223 Å². The van der Waals surface area contributed by atoms with Crippen molar-refractivity contribution in [3.8, 4) is 5.75 Å². The molecule has 0 spiro atoms. The summed E-state index contributed by atoms with van der Waals surface area (Å²) >= 11 is 12.3. The summed E-state index contributed by atoms with van der Waals surface area (Å²) in [5.41, 5.74) is 1.06. The largest absolute Gasteiger partial charge is 0.492 e. The Balaban J connectivity index is 2.22. The van der Waals surface area contributed by atoms with Crippen LogP contribution in [0.3, 0.4) is 0 Å². The maximum atomic E-state index is 13.3. The van der Waals surface area contributed by atoms with Gasteiger partial charge in [0.15, 0.2) is 0 Å². The molecule has 0 saturated carbocycles. The van der Waals surface area contributed by atoms with Crippen molar-refractivity contribution in [1.29, 1.82) is 0 Å². The van der Waals surface area contributed by atoms with Gasteiger partial charge in [-0.1, -0.05) is 41.4 Å². The lowest BCUT2D eigenvalue weighted by Gasteiger charge is -2.30. The molecule has 0 aliphatic rings. The first-order valence-corrected chi connectivity index (χ1v) is 14.3. The molecule has 1 atom stereocenters. The van der Waals surface area contributed by atoms with E-state index in [4.69, 9.17) is 27.9 Å². The van der Waals surface area contributed by atoms with Crippen LogP contribution in [0.4, 0.5) is 5.69 Å². The summed E-state index contributed by atoms with van der Waals surface area (Å²) in [6, 6.07) is 11.1. The molecule has 0 aromatic heterocycles. The summed E-state index contributed by atoms with van der Waals surface area (Å²) in [7, 11) is -3.64. The van der Waals surface area contributed by atoms with Crippen molar-refractivity contribution in [2.75, 3.05) is 30.3 Å². The third-order valence-corrected chi connectivity index (χ3v) is 7.23. The number of anilines is 1. The predicted octanol–water partition coefficient (Wildman–Crippen LogP) is 4.49. The first kappa shape index (κ1) is 29.7. The van der Waals surface area contributed by atoms with Gasteiger partial charge in [-0.2, -0.15) is 0 Å². The number of likely N-dealkylation sites (N-methyl/N-ethyl adjacent to an activating group) is 1. The molecule has 2 aromatic rings. The normalized spacial score (nSPS) is 12.1. The zero-order chi connectivity index (χ0) is 26.9. The van der Waals surface area contributed by atoms with Gasteiger partial charge in [-0.3, -0.25) is 13.9 Å². The molecule has 0 aliphatic carbocycles. The molecule has 198 valence electrons. The van der Waals surface area contributed by atoms with Gasteiger partial charge < -0.3 is 15.0 Å². The number of benzene rings is 2. The minimum absolute atomic E-state index is 0.0256. The first-order valence-electron chi connectivity index (χ1n) is 11.7. The van der Waals surface area contributed by atoms with Gasteiger partial charge in [0, 0.05) is 36.1 Å². The Morgan fingerprint density at radius 2 is 1.81 bits per heavy atom. The highest BCUT2D eigenvalue weighted by Gasteiger charge is 2.27. The number of carbonyl (C=O) groups is 2. The van der Waals surface area contributed by atoms with Crippen molar-refractivity contribution in [1.82, 2.24) is 10.2 Å². The lowest BCUT2D eigenvalue weighted by atomic mass is 10.1. The third kappa shape index (κ3) is 8.28. The maximum absolute atomic E-state index is 13.3. The zero-order valence-corrected chi connectivity index (χ0v) is 23.3. The second-order valence-electron chi connectivity index (χ2n) is 8.17. The number of ether oxygens (including phenoxy) is 1. The monoisotopic (exact) mass is 557 g/mol. The third-order valence-electron chi connectivity index (χ3n) is 5.46. The van der Waals surface area contributed by atoms with Gasteiger partial charge in [-0.25, -0.2) is 8.42 Å².